The van der Waals surface area contributed by atoms with Crippen LogP contribution in [-0.4, -0.2) is 51.0 Å². The van der Waals surface area contributed by atoms with Crippen molar-refractivity contribution in [2.45, 2.75) is 17.9 Å². The Morgan fingerprint density at radius 2 is 2.14 bits per heavy atom. The van der Waals surface area contributed by atoms with E-state index in [-0.39, 0.29) is 16.8 Å². The summed E-state index contributed by atoms with van der Waals surface area (Å²) < 4.78 is 31.9. The molecule has 22 heavy (non-hydrogen) atoms. The zero-order valence-electron chi connectivity index (χ0n) is 12.5. The number of rotatable bonds is 5. The zero-order valence-corrected chi connectivity index (χ0v) is 13.3. The molecule has 1 aromatic rings. The number of benzene rings is 1. The monoisotopic (exact) mass is 324 g/mol. The first-order valence-corrected chi connectivity index (χ1v) is 8.49. The van der Waals surface area contributed by atoms with Crippen molar-refractivity contribution >= 4 is 15.9 Å². The number of ether oxygens (including phenoxy) is 1. The number of carbonyl (C=O) groups is 1. The average Bonchev–Trinajstić information content (AvgIpc) is 2.53. The topological polar surface area (TPSA) is 75.7 Å². The summed E-state index contributed by atoms with van der Waals surface area (Å²) in [4.78, 5) is 12.0. The van der Waals surface area contributed by atoms with Crippen LogP contribution in [0.4, 0.5) is 0 Å². The quantitative estimate of drug-likeness (QED) is 0.820. The highest BCUT2D eigenvalue weighted by Crippen LogP contribution is 2.20. The van der Waals surface area contributed by atoms with Gasteiger partial charge in [0.05, 0.1) is 18.1 Å². The van der Waals surface area contributed by atoms with Crippen LogP contribution in [0.15, 0.2) is 41.8 Å². The van der Waals surface area contributed by atoms with Gasteiger partial charge in [0.1, 0.15) is 0 Å². The van der Waals surface area contributed by atoms with Crippen LogP contribution in [0.2, 0.25) is 0 Å². The van der Waals surface area contributed by atoms with Crippen LogP contribution in [0.3, 0.4) is 0 Å². The van der Waals surface area contributed by atoms with Crippen LogP contribution in [-0.2, 0) is 14.8 Å². The van der Waals surface area contributed by atoms with Crippen LogP contribution >= 0.6 is 0 Å². The molecule has 1 fully saturated rings. The molecule has 120 valence electrons. The summed E-state index contributed by atoms with van der Waals surface area (Å²) in [5.74, 6) is -0.261. The Balaban J connectivity index is 2.18. The fraction of sp³-hybridized carbons (Fsp3) is 0.400. The zero-order chi connectivity index (χ0) is 16.2. The molecule has 0 saturated carbocycles. The van der Waals surface area contributed by atoms with Crippen LogP contribution in [0, 0.1) is 0 Å². The van der Waals surface area contributed by atoms with E-state index in [4.69, 9.17) is 4.74 Å². The summed E-state index contributed by atoms with van der Waals surface area (Å²) in [5.41, 5.74) is 0.413. The van der Waals surface area contributed by atoms with E-state index in [0.29, 0.717) is 31.9 Å². The van der Waals surface area contributed by atoms with Crippen LogP contribution in [0.1, 0.15) is 17.3 Å². The van der Waals surface area contributed by atoms with E-state index in [1.165, 1.54) is 28.6 Å². The van der Waals surface area contributed by atoms with Crippen molar-refractivity contribution in [1.82, 2.24) is 9.62 Å². The molecule has 1 aromatic carbocycles. The maximum absolute atomic E-state index is 12.6. The maximum Gasteiger partial charge on any atom is 0.251 e. The predicted molar refractivity (Wildman–Crippen MR) is 83.1 cm³/mol. The van der Waals surface area contributed by atoms with E-state index in [0.717, 1.165) is 0 Å². The molecule has 2 rings (SSSR count). The van der Waals surface area contributed by atoms with Gasteiger partial charge in [-0.3, -0.25) is 4.79 Å². The molecule has 0 spiro atoms. The average molecular weight is 324 g/mol. The third kappa shape index (κ3) is 3.55. The van der Waals surface area contributed by atoms with E-state index < -0.39 is 10.0 Å². The number of carbonyl (C=O) groups excluding carboxylic acids is 1. The van der Waals surface area contributed by atoms with Gasteiger partial charge in [0.2, 0.25) is 10.0 Å². The highest BCUT2D eigenvalue weighted by Gasteiger charge is 2.31. The minimum Gasteiger partial charge on any atom is -0.378 e. The van der Waals surface area contributed by atoms with Gasteiger partial charge in [-0.15, -0.1) is 6.58 Å². The number of nitrogens with one attached hydrogen (secondary N) is 1. The van der Waals surface area contributed by atoms with Gasteiger partial charge in [0, 0.05) is 24.7 Å². The van der Waals surface area contributed by atoms with Crippen molar-refractivity contribution in [3.8, 4) is 0 Å². The van der Waals surface area contributed by atoms with Gasteiger partial charge in [-0.1, -0.05) is 6.08 Å². The number of hydrogen-bond acceptors (Lipinski definition) is 4. The minimum absolute atomic E-state index is 0.182. The molecule has 1 aliphatic heterocycles. The van der Waals surface area contributed by atoms with Crippen molar-refractivity contribution in [3.05, 3.63) is 42.5 Å². The van der Waals surface area contributed by atoms with Gasteiger partial charge in [-0.2, -0.15) is 4.31 Å². The second-order valence-corrected chi connectivity index (χ2v) is 6.95. The van der Waals surface area contributed by atoms with Gasteiger partial charge in [-0.25, -0.2) is 8.42 Å². The van der Waals surface area contributed by atoms with Crippen molar-refractivity contribution in [2.24, 2.45) is 0 Å². The summed E-state index contributed by atoms with van der Waals surface area (Å²) in [6.45, 7) is 6.82. The molecular weight excluding hydrogens is 304 g/mol. The Labute approximate surface area is 130 Å². The molecule has 7 heteroatoms. The number of amides is 1. The SMILES string of the molecule is C=CCNC(=O)c1ccc(S(=O)(=O)N2CCOCC2C)cc1. The molecule has 1 amide bonds. The molecule has 1 unspecified atom stereocenters. The van der Waals surface area contributed by atoms with Gasteiger partial charge in [-0.05, 0) is 31.2 Å². The fourth-order valence-electron chi connectivity index (χ4n) is 2.25. The van der Waals surface area contributed by atoms with Gasteiger partial charge >= 0.3 is 0 Å². The lowest BCUT2D eigenvalue weighted by molar-refractivity contribution is 0.0393. The summed E-state index contributed by atoms with van der Waals surface area (Å²) >= 11 is 0. The van der Waals surface area contributed by atoms with Crippen molar-refractivity contribution in [1.29, 1.82) is 0 Å². The van der Waals surface area contributed by atoms with E-state index in [2.05, 4.69) is 11.9 Å². The van der Waals surface area contributed by atoms with Crippen LogP contribution in [0.5, 0.6) is 0 Å². The summed E-state index contributed by atoms with van der Waals surface area (Å²) in [6.07, 6.45) is 1.58. The van der Waals surface area contributed by atoms with E-state index in [1.807, 2.05) is 6.92 Å². The van der Waals surface area contributed by atoms with E-state index in [1.54, 1.807) is 6.08 Å². The number of sulfonamides is 1. The molecular formula is C15H20N2O4S. The molecule has 1 N–H and O–H groups in total. The first kappa shape index (κ1) is 16.7. The first-order valence-electron chi connectivity index (χ1n) is 7.05. The molecule has 0 aromatic heterocycles. The third-order valence-corrected chi connectivity index (χ3v) is 5.46. The third-order valence-electron chi connectivity index (χ3n) is 3.44. The van der Waals surface area contributed by atoms with Crippen molar-refractivity contribution in [2.75, 3.05) is 26.3 Å². The largest absolute Gasteiger partial charge is 0.378 e. The molecule has 6 nitrogen and oxygen atoms in total. The number of hydrogen-bond donors (Lipinski definition) is 1. The lowest BCUT2D eigenvalue weighted by atomic mass is 10.2. The van der Waals surface area contributed by atoms with Gasteiger partial charge in [0.15, 0.2) is 0 Å². The second-order valence-electron chi connectivity index (χ2n) is 5.06. The molecule has 1 heterocycles. The highest BCUT2D eigenvalue weighted by atomic mass is 32.2. The van der Waals surface area contributed by atoms with E-state index >= 15 is 0 Å². The fourth-order valence-corrected chi connectivity index (χ4v) is 3.85. The Kier molecular flexibility index (Phi) is 5.33. The van der Waals surface area contributed by atoms with Gasteiger partial charge in [0.25, 0.3) is 5.91 Å². The van der Waals surface area contributed by atoms with Crippen LogP contribution < -0.4 is 5.32 Å². The first-order chi connectivity index (χ1) is 10.5. The smallest absolute Gasteiger partial charge is 0.251 e. The predicted octanol–water partition coefficient (Wildman–Crippen LogP) is 1.01. The molecule has 1 atom stereocenters. The summed E-state index contributed by atoms with van der Waals surface area (Å²) in [5, 5.41) is 2.64. The number of nitrogens with zero attached hydrogens (tertiary/aromatic N) is 1. The molecule has 0 bridgehead atoms. The van der Waals surface area contributed by atoms with Crippen molar-refractivity contribution in [3.63, 3.8) is 0 Å². The van der Waals surface area contributed by atoms with E-state index in [9.17, 15) is 13.2 Å². The Bertz CT molecular complexity index is 640. The highest BCUT2D eigenvalue weighted by molar-refractivity contribution is 7.89. The standard InChI is InChI=1S/C15H20N2O4S/c1-3-8-16-15(18)13-4-6-14(7-5-13)22(19,20)17-9-10-21-11-12(17)2/h3-7,12H,1,8-11H2,2H3,(H,16,18). The molecule has 0 aliphatic carbocycles. The molecule has 1 saturated heterocycles. The lowest BCUT2D eigenvalue weighted by Crippen LogP contribution is -2.46. The summed E-state index contributed by atoms with van der Waals surface area (Å²) in [6, 6.07) is 5.74. The van der Waals surface area contributed by atoms with Gasteiger partial charge < -0.3 is 10.1 Å². The molecule has 1 aliphatic rings. The normalized spacial score (nSPS) is 19.6. The summed E-state index contributed by atoms with van der Waals surface area (Å²) in [7, 11) is -3.57. The van der Waals surface area contributed by atoms with Crippen LogP contribution in [0.25, 0.3) is 0 Å². The Hall–Kier alpha value is -1.70. The minimum atomic E-state index is -3.57. The Morgan fingerprint density at radius 1 is 1.45 bits per heavy atom. The Morgan fingerprint density at radius 3 is 2.73 bits per heavy atom. The van der Waals surface area contributed by atoms with Crippen molar-refractivity contribution < 1.29 is 17.9 Å². The number of morpholine rings is 1. The second kappa shape index (κ2) is 7.04. The molecule has 0 radical (unpaired) electrons. The maximum atomic E-state index is 12.6. The lowest BCUT2D eigenvalue weighted by Gasteiger charge is -2.32.